The van der Waals surface area contributed by atoms with Crippen molar-refractivity contribution >= 4 is 27.5 Å². The number of nitrogens with zero attached hydrogens (tertiary/aromatic N) is 2. The van der Waals surface area contributed by atoms with Crippen LogP contribution in [0.5, 0.6) is 0 Å². The molecule has 0 aromatic heterocycles. The minimum atomic E-state index is -3.90. The van der Waals surface area contributed by atoms with Gasteiger partial charge in [-0.15, -0.1) is 0 Å². The van der Waals surface area contributed by atoms with Crippen molar-refractivity contribution < 1.29 is 22.4 Å². The molecule has 1 N–H and O–H groups in total. The van der Waals surface area contributed by atoms with E-state index in [2.05, 4.69) is 5.32 Å². The van der Waals surface area contributed by atoms with E-state index >= 15 is 0 Å². The van der Waals surface area contributed by atoms with E-state index in [-0.39, 0.29) is 24.2 Å². The average Bonchev–Trinajstić information content (AvgIpc) is 3.30. The molecule has 0 saturated heterocycles. The maximum absolute atomic E-state index is 13.9. The number of anilines is 1. The quantitative estimate of drug-likeness (QED) is 0.535. The summed E-state index contributed by atoms with van der Waals surface area (Å²) in [5.41, 5.74) is 1.88. The predicted octanol–water partition coefficient (Wildman–Crippen LogP) is 3.77. The van der Waals surface area contributed by atoms with Crippen LogP contribution < -0.4 is 9.62 Å². The number of amides is 2. The van der Waals surface area contributed by atoms with Crippen molar-refractivity contribution in [2.45, 2.75) is 64.6 Å². The Kier molecular flexibility index (Phi) is 8.88. The smallest absolute Gasteiger partial charge is 0.244 e. The second-order valence-corrected chi connectivity index (χ2v) is 11.0. The molecule has 1 aliphatic rings. The first-order valence-electron chi connectivity index (χ1n) is 12.0. The third kappa shape index (κ3) is 7.04. The summed E-state index contributed by atoms with van der Waals surface area (Å²) in [5, 5.41) is 3.07. The molecule has 1 aliphatic carbocycles. The van der Waals surface area contributed by atoms with Gasteiger partial charge in [0.25, 0.3) is 0 Å². The van der Waals surface area contributed by atoms with Gasteiger partial charge in [0.05, 0.1) is 11.9 Å². The zero-order valence-corrected chi connectivity index (χ0v) is 21.4. The van der Waals surface area contributed by atoms with Crippen LogP contribution in [0.3, 0.4) is 0 Å². The molecule has 0 bridgehead atoms. The van der Waals surface area contributed by atoms with Gasteiger partial charge in [-0.3, -0.25) is 13.9 Å². The van der Waals surface area contributed by atoms with Gasteiger partial charge in [0, 0.05) is 12.6 Å². The number of nitrogens with one attached hydrogen (secondary N) is 1. The molecular weight excluding hydrogens is 469 g/mol. The minimum absolute atomic E-state index is 0.0557. The lowest BCUT2D eigenvalue weighted by Gasteiger charge is -2.33. The van der Waals surface area contributed by atoms with Crippen LogP contribution in [-0.2, 0) is 26.2 Å². The molecule has 2 amide bonds. The van der Waals surface area contributed by atoms with Crippen molar-refractivity contribution in [3.05, 3.63) is 65.5 Å². The third-order valence-corrected chi connectivity index (χ3v) is 7.61. The Bertz CT molecular complexity index is 1150. The second kappa shape index (κ2) is 11.7. The van der Waals surface area contributed by atoms with E-state index in [1.54, 1.807) is 0 Å². The SMILES string of the molecule is CC[C@@H](C(=O)NC1CCCC1)N(Cc1ccccc1C)C(=O)CN(c1cccc(F)c1)S(C)(=O)=O. The number of rotatable bonds is 10. The molecule has 9 heteroatoms. The van der Waals surface area contributed by atoms with Crippen LogP contribution in [-0.4, -0.2) is 50.0 Å². The van der Waals surface area contributed by atoms with Gasteiger partial charge in [0.2, 0.25) is 21.8 Å². The molecule has 7 nitrogen and oxygen atoms in total. The van der Waals surface area contributed by atoms with Crippen LogP contribution >= 0.6 is 0 Å². The summed E-state index contributed by atoms with van der Waals surface area (Å²) in [5.74, 6) is -1.38. The van der Waals surface area contributed by atoms with E-state index in [1.165, 1.54) is 23.1 Å². The van der Waals surface area contributed by atoms with Crippen LogP contribution in [0.15, 0.2) is 48.5 Å². The van der Waals surface area contributed by atoms with Gasteiger partial charge < -0.3 is 10.2 Å². The van der Waals surface area contributed by atoms with Crippen molar-refractivity contribution in [3.63, 3.8) is 0 Å². The summed E-state index contributed by atoms with van der Waals surface area (Å²) in [4.78, 5) is 28.4. The second-order valence-electron chi connectivity index (χ2n) is 9.11. The van der Waals surface area contributed by atoms with Crippen LogP contribution in [0, 0.1) is 12.7 Å². The van der Waals surface area contributed by atoms with Crippen LogP contribution in [0.25, 0.3) is 0 Å². The van der Waals surface area contributed by atoms with Gasteiger partial charge in [-0.25, -0.2) is 12.8 Å². The predicted molar refractivity (Wildman–Crippen MR) is 135 cm³/mol. The number of hydrogen-bond donors (Lipinski definition) is 1. The lowest BCUT2D eigenvalue weighted by molar-refractivity contribution is -0.140. The number of sulfonamides is 1. The van der Waals surface area contributed by atoms with Crippen LogP contribution in [0.4, 0.5) is 10.1 Å². The number of halogens is 1. The van der Waals surface area contributed by atoms with E-state index in [4.69, 9.17) is 0 Å². The highest BCUT2D eigenvalue weighted by Crippen LogP contribution is 2.22. The molecule has 3 rings (SSSR count). The highest BCUT2D eigenvalue weighted by Gasteiger charge is 2.33. The lowest BCUT2D eigenvalue weighted by atomic mass is 10.1. The Hall–Kier alpha value is -2.94. The van der Waals surface area contributed by atoms with E-state index in [9.17, 15) is 22.4 Å². The van der Waals surface area contributed by atoms with Crippen molar-refractivity contribution in [2.24, 2.45) is 0 Å². The van der Waals surface area contributed by atoms with Crippen molar-refractivity contribution in [1.29, 1.82) is 0 Å². The summed E-state index contributed by atoms with van der Waals surface area (Å²) in [6.45, 7) is 3.37. The van der Waals surface area contributed by atoms with E-state index < -0.39 is 34.3 Å². The topological polar surface area (TPSA) is 86.8 Å². The molecule has 0 heterocycles. The summed E-state index contributed by atoms with van der Waals surface area (Å²) in [7, 11) is -3.90. The lowest BCUT2D eigenvalue weighted by Crippen LogP contribution is -2.53. The van der Waals surface area contributed by atoms with Gasteiger partial charge in [-0.2, -0.15) is 0 Å². The van der Waals surface area contributed by atoms with Gasteiger partial charge in [0.15, 0.2) is 0 Å². The van der Waals surface area contributed by atoms with Crippen molar-refractivity contribution in [2.75, 3.05) is 17.1 Å². The van der Waals surface area contributed by atoms with Crippen molar-refractivity contribution in [1.82, 2.24) is 10.2 Å². The fourth-order valence-corrected chi connectivity index (χ4v) is 5.34. The number of carbonyl (C=O) groups is 2. The molecule has 190 valence electrons. The molecule has 0 spiro atoms. The largest absolute Gasteiger partial charge is 0.352 e. The average molecular weight is 504 g/mol. The number of carbonyl (C=O) groups excluding carboxylic acids is 2. The maximum Gasteiger partial charge on any atom is 0.244 e. The first-order chi connectivity index (χ1) is 16.6. The standard InChI is InChI=1S/C26H34FN3O4S/c1-4-24(26(32)28-22-13-7-8-14-22)29(17-20-11-6-5-10-19(20)2)25(31)18-30(35(3,33)34)23-15-9-12-21(27)16-23/h5-6,9-12,15-16,22,24H,4,7-8,13-14,17-18H2,1-3H3,(H,28,32)/t24-/m0/s1. The molecule has 0 unspecified atom stereocenters. The molecule has 0 radical (unpaired) electrons. The highest BCUT2D eigenvalue weighted by atomic mass is 32.2. The highest BCUT2D eigenvalue weighted by molar-refractivity contribution is 7.92. The van der Waals surface area contributed by atoms with Gasteiger partial charge in [-0.1, -0.05) is 50.1 Å². The van der Waals surface area contributed by atoms with Crippen LogP contribution in [0.1, 0.15) is 50.2 Å². The molecule has 2 aromatic carbocycles. The number of aryl methyl sites for hydroxylation is 1. The summed E-state index contributed by atoms with van der Waals surface area (Å²) >= 11 is 0. The fourth-order valence-electron chi connectivity index (χ4n) is 4.50. The zero-order valence-electron chi connectivity index (χ0n) is 20.5. The third-order valence-electron chi connectivity index (χ3n) is 6.46. The minimum Gasteiger partial charge on any atom is -0.352 e. The van der Waals surface area contributed by atoms with Crippen LogP contribution in [0.2, 0.25) is 0 Å². The molecular formula is C26H34FN3O4S. The summed E-state index contributed by atoms with van der Waals surface area (Å²) in [6, 6.07) is 12.0. The number of hydrogen-bond acceptors (Lipinski definition) is 4. The molecule has 1 atom stereocenters. The Morgan fingerprint density at radius 1 is 1.11 bits per heavy atom. The first-order valence-corrected chi connectivity index (χ1v) is 13.8. The normalized spacial score (nSPS) is 15.0. The van der Waals surface area contributed by atoms with Crippen molar-refractivity contribution in [3.8, 4) is 0 Å². The summed E-state index contributed by atoms with van der Waals surface area (Å²) in [6.07, 6.45) is 5.29. The van der Waals surface area contributed by atoms with E-state index in [0.29, 0.717) is 6.42 Å². The van der Waals surface area contributed by atoms with Gasteiger partial charge in [-0.05, 0) is 55.5 Å². The zero-order chi connectivity index (χ0) is 25.6. The maximum atomic E-state index is 13.9. The Morgan fingerprint density at radius 3 is 2.40 bits per heavy atom. The summed E-state index contributed by atoms with van der Waals surface area (Å²) < 4.78 is 39.9. The Labute approximate surface area is 207 Å². The van der Waals surface area contributed by atoms with Gasteiger partial charge in [0.1, 0.15) is 18.4 Å². The fraction of sp³-hybridized carbons (Fsp3) is 0.462. The van der Waals surface area contributed by atoms with E-state index in [1.807, 2.05) is 38.1 Å². The van der Waals surface area contributed by atoms with Gasteiger partial charge >= 0.3 is 0 Å². The number of benzene rings is 2. The Balaban J connectivity index is 1.93. The van der Waals surface area contributed by atoms with E-state index in [0.717, 1.165) is 53.4 Å². The molecule has 1 saturated carbocycles. The Morgan fingerprint density at radius 2 is 1.80 bits per heavy atom. The molecule has 35 heavy (non-hydrogen) atoms. The first kappa shape index (κ1) is 26.7. The molecule has 1 fully saturated rings. The monoisotopic (exact) mass is 503 g/mol. The molecule has 2 aromatic rings. The molecule has 0 aliphatic heterocycles.